The van der Waals surface area contributed by atoms with Crippen LogP contribution in [-0.2, 0) is 10.0 Å². The Balaban J connectivity index is 2.85. The van der Waals surface area contributed by atoms with Gasteiger partial charge in [0.15, 0.2) is 5.03 Å². The summed E-state index contributed by atoms with van der Waals surface area (Å²) < 4.78 is 25.5. The molecule has 0 saturated heterocycles. The van der Waals surface area contributed by atoms with Gasteiger partial charge < -0.3 is 4.98 Å². The van der Waals surface area contributed by atoms with Gasteiger partial charge in [-0.2, -0.15) is 4.31 Å². The highest BCUT2D eigenvalue weighted by molar-refractivity contribution is 7.89. The number of aromatic amines is 1. The van der Waals surface area contributed by atoms with Crippen LogP contribution in [0.2, 0.25) is 0 Å². The van der Waals surface area contributed by atoms with Crippen molar-refractivity contribution in [1.82, 2.24) is 14.3 Å². The first-order valence-electron chi connectivity index (χ1n) is 5.32. The fourth-order valence-electron chi connectivity index (χ4n) is 1.61. The molecule has 16 heavy (non-hydrogen) atoms. The molecule has 1 N–H and O–H groups in total. The molecule has 0 fully saturated rings. The van der Waals surface area contributed by atoms with Crippen LogP contribution in [0.1, 0.15) is 27.2 Å². The number of sulfonamides is 1. The second kappa shape index (κ2) is 4.97. The first-order valence-corrected chi connectivity index (χ1v) is 6.76. The summed E-state index contributed by atoms with van der Waals surface area (Å²) in [6.45, 7) is 6.06. The molecule has 5 nitrogen and oxygen atoms in total. The van der Waals surface area contributed by atoms with Crippen molar-refractivity contribution in [3.8, 4) is 0 Å². The summed E-state index contributed by atoms with van der Waals surface area (Å²) in [6.07, 6.45) is 3.53. The van der Waals surface area contributed by atoms with Crippen LogP contribution < -0.4 is 0 Å². The van der Waals surface area contributed by atoms with Crippen molar-refractivity contribution in [1.29, 1.82) is 0 Å². The first-order chi connectivity index (χ1) is 7.35. The second-order valence-electron chi connectivity index (χ2n) is 4.42. The van der Waals surface area contributed by atoms with E-state index in [-0.39, 0.29) is 11.1 Å². The van der Waals surface area contributed by atoms with Gasteiger partial charge in [-0.15, -0.1) is 0 Å². The maximum Gasteiger partial charge on any atom is 0.260 e. The van der Waals surface area contributed by atoms with Gasteiger partial charge in [0.25, 0.3) is 10.0 Å². The third kappa shape index (κ3) is 2.82. The largest absolute Gasteiger partial charge is 0.335 e. The summed E-state index contributed by atoms with van der Waals surface area (Å²) in [4.78, 5) is 6.36. The lowest BCUT2D eigenvalue weighted by molar-refractivity contribution is 0.337. The van der Waals surface area contributed by atoms with Crippen molar-refractivity contribution in [2.45, 2.75) is 38.3 Å². The van der Waals surface area contributed by atoms with Crippen molar-refractivity contribution in [3.05, 3.63) is 12.5 Å². The average Bonchev–Trinajstić information content (AvgIpc) is 2.68. The van der Waals surface area contributed by atoms with E-state index in [1.807, 2.05) is 6.92 Å². The summed E-state index contributed by atoms with van der Waals surface area (Å²) in [5, 5.41) is 0.144. The highest BCUT2D eigenvalue weighted by atomic mass is 32.2. The van der Waals surface area contributed by atoms with Crippen LogP contribution in [0, 0.1) is 5.92 Å². The van der Waals surface area contributed by atoms with E-state index in [1.165, 1.54) is 16.8 Å². The van der Waals surface area contributed by atoms with Gasteiger partial charge in [0, 0.05) is 13.1 Å². The summed E-state index contributed by atoms with van der Waals surface area (Å²) >= 11 is 0. The van der Waals surface area contributed by atoms with E-state index < -0.39 is 10.0 Å². The maximum absolute atomic E-state index is 12.1. The molecule has 1 aromatic rings. The molecule has 92 valence electrons. The topological polar surface area (TPSA) is 66.1 Å². The van der Waals surface area contributed by atoms with Crippen molar-refractivity contribution < 1.29 is 8.42 Å². The zero-order valence-electron chi connectivity index (χ0n) is 10.1. The minimum Gasteiger partial charge on any atom is -0.335 e. The fraction of sp³-hybridized carbons (Fsp3) is 0.700. The molecule has 1 heterocycles. The molecule has 0 aliphatic heterocycles. The minimum absolute atomic E-state index is 0.0201. The molecule has 1 aromatic heterocycles. The van der Waals surface area contributed by atoms with Crippen LogP contribution in [0.4, 0.5) is 0 Å². The van der Waals surface area contributed by atoms with E-state index in [9.17, 15) is 8.42 Å². The number of rotatable bonds is 5. The molecule has 1 unspecified atom stereocenters. The van der Waals surface area contributed by atoms with Crippen molar-refractivity contribution in [3.63, 3.8) is 0 Å². The number of nitrogens with zero attached hydrogens (tertiary/aromatic N) is 2. The Morgan fingerprint density at radius 2 is 2.06 bits per heavy atom. The Morgan fingerprint density at radius 1 is 1.44 bits per heavy atom. The molecule has 0 aliphatic carbocycles. The Kier molecular flexibility index (Phi) is 4.09. The van der Waals surface area contributed by atoms with E-state index in [1.54, 1.807) is 7.05 Å². The van der Waals surface area contributed by atoms with Crippen LogP contribution in [0.3, 0.4) is 0 Å². The third-order valence-corrected chi connectivity index (χ3v) is 4.46. The summed E-state index contributed by atoms with van der Waals surface area (Å²) in [7, 11) is -1.82. The molecule has 0 aliphatic rings. The number of hydrogen-bond donors (Lipinski definition) is 1. The van der Waals surface area contributed by atoms with Gasteiger partial charge in [-0.05, 0) is 19.3 Å². The molecule has 1 atom stereocenters. The van der Waals surface area contributed by atoms with Crippen molar-refractivity contribution in [2.75, 3.05) is 7.05 Å². The highest BCUT2D eigenvalue weighted by Gasteiger charge is 2.26. The Hall–Kier alpha value is -0.880. The molecule has 1 rings (SSSR count). The monoisotopic (exact) mass is 245 g/mol. The molecular weight excluding hydrogens is 226 g/mol. The SMILES string of the molecule is CC(C)CC(C)N(C)S(=O)(=O)c1cnc[nH]1. The quantitative estimate of drug-likeness (QED) is 0.854. The molecule has 0 radical (unpaired) electrons. The third-order valence-electron chi connectivity index (χ3n) is 2.56. The molecule has 0 amide bonds. The summed E-state index contributed by atoms with van der Waals surface area (Å²) in [6, 6.07) is -0.0201. The van der Waals surface area contributed by atoms with Crippen LogP contribution >= 0.6 is 0 Å². The fourth-order valence-corrected chi connectivity index (χ4v) is 2.87. The lowest BCUT2D eigenvalue weighted by Crippen LogP contribution is -2.36. The van der Waals surface area contributed by atoms with E-state index >= 15 is 0 Å². The lowest BCUT2D eigenvalue weighted by atomic mass is 10.1. The second-order valence-corrected chi connectivity index (χ2v) is 6.38. The van der Waals surface area contributed by atoms with Crippen LogP contribution in [0.25, 0.3) is 0 Å². The van der Waals surface area contributed by atoms with E-state index in [2.05, 4.69) is 23.8 Å². The van der Waals surface area contributed by atoms with Gasteiger partial charge in [-0.3, -0.25) is 0 Å². The van der Waals surface area contributed by atoms with E-state index in [0.717, 1.165) is 6.42 Å². The van der Waals surface area contributed by atoms with Gasteiger partial charge in [-0.25, -0.2) is 13.4 Å². The smallest absolute Gasteiger partial charge is 0.260 e. The van der Waals surface area contributed by atoms with Crippen LogP contribution in [0.15, 0.2) is 17.6 Å². The lowest BCUT2D eigenvalue weighted by Gasteiger charge is -2.24. The summed E-state index contributed by atoms with van der Waals surface area (Å²) in [5.74, 6) is 0.467. The van der Waals surface area contributed by atoms with E-state index in [4.69, 9.17) is 0 Å². The number of H-pyrrole nitrogens is 1. The molecule has 0 spiro atoms. The van der Waals surface area contributed by atoms with Gasteiger partial charge in [0.1, 0.15) is 0 Å². The first kappa shape index (κ1) is 13.2. The number of imidazole rings is 1. The molecule has 0 bridgehead atoms. The standard InChI is InChI=1S/C10H19N3O2S/c1-8(2)5-9(3)13(4)16(14,15)10-6-11-7-12-10/h6-9H,5H2,1-4H3,(H,11,12). The number of nitrogens with one attached hydrogen (secondary N) is 1. The predicted molar refractivity (Wildman–Crippen MR) is 62.5 cm³/mol. The summed E-state index contributed by atoms with van der Waals surface area (Å²) in [5.41, 5.74) is 0. The van der Waals surface area contributed by atoms with Gasteiger partial charge in [0.05, 0.1) is 12.5 Å². The molecule has 0 saturated carbocycles. The number of aromatic nitrogens is 2. The number of hydrogen-bond acceptors (Lipinski definition) is 3. The van der Waals surface area contributed by atoms with Gasteiger partial charge in [0.2, 0.25) is 0 Å². The predicted octanol–water partition coefficient (Wildman–Crippen LogP) is 1.46. The Morgan fingerprint density at radius 3 is 2.50 bits per heavy atom. The van der Waals surface area contributed by atoms with Crippen LogP contribution in [0.5, 0.6) is 0 Å². The zero-order chi connectivity index (χ0) is 12.3. The van der Waals surface area contributed by atoms with Gasteiger partial charge in [-0.1, -0.05) is 13.8 Å². The highest BCUT2D eigenvalue weighted by Crippen LogP contribution is 2.17. The van der Waals surface area contributed by atoms with E-state index in [0.29, 0.717) is 5.92 Å². The molecule has 6 heteroatoms. The molecular formula is C10H19N3O2S. The maximum atomic E-state index is 12.1. The Bertz CT molecular complexity index is 411. The zero-order valence-corrected chi connectivity index (χ0v) is 11.0. The Labute approximate surface area is 96.9 Å². The van der Waals surface area contributed by atoms with Crippen LogP contribution in [-0.4, -0.2) is 35.8 Å². The van der Waals surface area contributed by atoms with Crippen molar-refractivity contribution >= 4 is 10.0 Å². The van der Waals surface area contributed by atoms with Gasteiger partial charge >= 0.3 is 0 Å². The van der Waals surface area contributed by atoms with Crippen molar-refractivity contribution in [2.24, 2.45) is 5.92 Å². The molecule has 0 aromatic carbocycles. The minimum atomic E-state index is -3.43. The average molecular weight is 245 g/mol. The normalized spacial score (nSPS) is 14.6.